The van der Waals surface area contributed by atoms with Crippen LogP contribution in [0.5, 0.6) is 0 Å². The number of hydrogen-bond acceptors (Lipinski definition) is 4. The summed E-state index contributed by atoms with van der Waals surface area (Å²) in [6, 6.07) is 10.3. The quantitative estimate of drug-likeness (QED) is 0.494. The van der Waals surface area contributed by atoms with E-state index in [2.05, 4.69) is 19.2 Å². The topological polar surface area (TPSA) is 100 Å². The molecule has 1 aliphatic rings. The highest BCUT2D eigenvalue weighted by molar-refractivity contribution is 7.86. The van der Waals surface area contributed by atoms with Crippen molar-refractivity contribution in [2.75, 3.05) is 13.6 Å². The molecule has 1 heterocycles. The van der Waals surface area contributed by atoms with Crippen LogP contribution in [-0.4, -0.2) is 48.0 Å². The van der Waals surface area contributed by atoms with Gasteiger partial charge in [-0.15, -0.1) is 0 Å². The summed E-state index contributed by atoms with van der Waals surface area (Å²) in [5.74, 6) is -0.183. The minimum Gasteiger partial charge on any atom is -0.741 e. The van der Waals surface area contributed by atoms with E-state index in [-0.39, 0.29) is 5.91 Å². The van der Waals surface area contributed by atoms with Crippen LogP contribution >= 0.6 is 0 Å². The molecule has 1 aliphatic heterocycles. The summed E-state index contributed by atoms with van der Waals surface area (Å²) in [7, 11) is -3.98. The van der Waals surface area contributed by atoms with Crippen LogP contribution in [0.1, 0.15) is 18.9 Å². The number of quaternary nitrogens is 1. The fourth-order valence-corrected chi connectivity index (χ4v) is 2.46. The molecule has 24 heavy (non-hydrogen) atoms. The molecule has 1 saturated heterocycles. The van der Waals surface area contributed by atoms with Gasteiger partial charge in [-0.1, -0.05) is 30.3 Å². The van der Waals surface area contributed by atoms with Crippen molar-refractivity contribution < 1.29 is 35.4 Å². The van der Waals surface area contributed by atoms with Crippen molar-refractivity contribution in [1.82, 2.24) is 0 Å². The number of nitrogens with two attached hydrogens (primary N) is 1. The van der Waals surface area contributed by atoms with Crippen molar-refractivity contribution in [3.8, 4) is 0 Å². The molecule has 10 heteroatoms. The summed E-state index contributed by atoms with van der Waals surface area (Å²) in [4.78, 5) is 11.5. The molecule has 2 N–H and O–H groups in total. The van der Waals surface area contributed by atoms with Gasteiger partial charge in [0.1, 0.15) is 6.54 Å². The molecule has 0 bridgehead atoms. The second-order valence-corrected chi connectivity index (χ2v) is 7.42. The second-order valence-electron chi connectivity index (χ2n) is 6.05. The number of hydrogen-bond donors (Lipinski definition) is 1. The summed E-state index contributed by atoms with van der Waals surface area (Å²) >= 11 is 0. The number of carbonyl (C=O) groups is 1. The molecule has 1 aromatic rings. The van der Waals surface area contributed by atoms with E-state index in [0.717, 1.165) is 24.0 Å². The van der Waals surface area contributed by atoms with Gasteiger partial charge < -0.3 is 14.8 Å². The van der Waals surface area contributed by atoms with E-state index < -0.39 is 21.2 Å². The molecule has 2 atom stereocenters. The van der Waals surface area contributed by atoms with Crippen LogP contribution in [0.4, 0.5) is 13.2 Å². The number of amides is 1. The van der Waals surface area contributed by atoms with Crippen LogP contribution in [0.15, 0.2) is 30.3 Å². The maximum atomic E-state index is 11.5. The fourth-order valence-electron chi connectivity index (χ4n) is 2.46. The minimum absolute atomic E-state index is 0.183. The molecule has 0 aromatic heterocycles. The predicted molar refractivity (Wildman–Crippen MR) is 79.2 cm³/mol. The van der Waals surface area contributed by atoms with Crippen LogP contribution in [0.2, 0.25) is 0 Å². The van der Waals surface area contributed by atoms with Crippen LogP contribution in [0, 0.1) is 0 Å². The van der Waals surface area contributed by atoms with Crippen LogP contribution in [0.25, 0.3) is 0 Å². The molecule has 1 fully saturated rings. The van der Waals surface area contributed by atoms with Crippen molar-refractivity contribution in [2.24, 2.45) is 5.73 Å². The van der Waals surface area contributed by atoms with E-state index in [0.29, 0.717) is 0 Å². The van der Waals surface area contributed by atoms with Gasteiger partial charge in [0, 0.05) is 12.5 Å². The number of rotatable bonds is 3. The number of primary amides is 1. The Balaban J connectivity index is 0.000000307. The first-order valence-corrected chi connectivity index (χ1v) is 8.34. The summed E-state index contributed by atoms with van der Waals surface area (Å²) in [6.45, 7) is 3.87. The standard InChI is InChI=1S/C13H18N2O.CHF3O3S/c1-13(12(14)16)8-9-15(13,2)10-11-6-4-3-5-7-11;2-1(3,4)8(5,6)7/h3-7H,8-10H2,1-2H3,(H-,14,16);(H,5,6,7)/t13-,15?;/m0./s1. The highest BCUT2D eigenvalue weighted by Crippen LogP contribution is 2.38. The second kappa shape index (κ2) is 6.69. The molecule has 6 nitrogen and oxygen atoms in total. The third-order valence-corrected chi connectivity index (χ3v) is 5.04. The van der Waals surface area contributed by atoms with E-state index in [4.69, 9.17) is 18.7 Å². The van der Waals surface area contributed by atoms with Gasteiger partial charge in [0.25, 0.3) is 5.91 Å². The largest absolute Gasteiger partial charge is 0.741 e. The summed E-state index contributed by atoms with van der Waals surface area (Å²) in [5.41, 5.74) is 0.729. The van der Waals surface area contributed by atoms with Gasteiger partial charge in [-0.3, -0.25) is 4.79 Å². The monoisotopic (exact) mass is 368 g/mol. The molecule has 1 amide bonds. The van der Waals surface area contributed by atoms with Crippen molar-refractivity contribution >= 4 is 16.0 Å². The molecular formula is C14H19F3N2O4S. The van der Waals surface area contributed by atoms with Gasteiger partial charge in [-0.05, 0) is 0 Å². The zero-order valence-electron chi connectivity index (χ0n) is 13.2. The Bertz CT molecular complexity index is 694. The average Bonchev–Trinajstić information content (AvgIpc) is 2.44. The zero-order chi connectivity index (χ0) is 18.8. The number of nitrogens with zero attached hydrogens (tertiary/aromatic N) is 1. The van der Waals surface area contributed by atoms with Gasteiger partial charge in [0.05, 0.1) is 20.0 Å². The molecule has 0 saturated carbocycles. The van der Waals surface area contributed by atoms with Crippen LogP contribution in [-0.2, 0) is 21.5 Å². The van der Waals surface area contributed by atoms with Gasteiger partial charge in [0.2, 0.25) is 0 Å². The van der Waals surface area contributed by atoms with Gasteiger partial charge in [-0.25, -0.2) is 8.42 Å². The van der Waals surface area contributed by atoms with Crippen LogP contribution in [0.3, 0.4) is 0 Å². The van der Waals surface area contributed by atoms with Crippen molar-refractivity contribution in [3.63, 3.8) is 0 Å². The Labute approximate surface area is 138 Å². The first-order chi connectivity index (χ1) is 10.7. The Morgan fingerprint density at radius 2 is 1.79 bits per heavy atom. The lowest BCUT2D eigenvalue weighted by molar-refractivity contribution is -0.999. The Hall–Kier alpha value is -1.65. The van der Waals surface area contributed by atoms with E-state index in [9.17, 15) is 18.0 Å². The SMILES string of the molecule is C[C@@]1(C(N)=O)CC[N+]1(C)Cc1ccccc1.O=S(=O)([O-])C(F)(F)F. The zero-order valence-corrected chi connectivity index (χ0v) is 14.0. The number of benzene rings is 1. The summed E-state index contributed by atoms with van der Waals surface area (Å²) in [6.07, 6.45) is 0.895. The Morgan fingerprint density at radius 3 is 2.08 bits per heavy atom. The van der Waals surface area contributed by atoms with Crippen LogP contribution < -0.4 is 5.73 Å². The lowest BCUT2D eigenvalue weighted by Crippen LogP contribution is -2.74. The number of halogens is 3. The first-order valence-electron chi connectivity index (χ1n) is 6.93. The summed E-state index contributed by atoms with van der Waals surface area (Å²) in [5, 5.41) is 0. The lowest BCUT2D eigenvalue weighted by Gasteiger charge is -2.55. The van der Waals surface area contributed by atoms with E-state index in [1.165, 1.54) is 5.56 Å². The number of likely N-dealkylation sites (N-methyl/N-ethyl adjacent to an activating group) is 1. The van der Waals surface area contributed by atoms with E-state index in [1.54, 1.807) is 0 Å². The number of likely N-dealkylation sites (tertiary alicyclic amines) is 1. The highest BCUT2D eigenvalue weighted by atomic mass is 32.2. The molecule has 136 valence electrons. The number of carbonyl (C=O) groups excluding carboxylic acids is 1. The molecule has 1 aromatic carbocycles. The number of alkyl halides is 3. The third kappa shape index (κ3) is 4.25. The minimum atomic E-state index is -6.09. The molecule has 2 rings (SSSR count). The van der Waals surface area contributed by atoms with Crippen molar-refractivity contribution in [3.05, 3.63) is 35.9 Å². The Morgan fingerprint density at radius 1 is 1.33 bits per heavy atom. The molecular weight excluding hydrogens is 349 g/mol. The van der Waals surface area contributed by atoms with Crippen molar-refractivity contribution in [1.29, 1.82) is 0 Å². The van der Waals surface area contributed by atoms with Gasteiger partial charge >= 0.3 is 5.51 Å². The molecule has 1 unspecified atom stereocenters. The lowest BCUT2D eigenvalue weighted by atomic mass is 9.81. The Kier molecular flexibility index (Phi) is 5.69. The third-order valence-electron chi connectivity index (χ3n) is 4.47. The molecule has 0 aliphatic carbocycles. The van der Waals surface area contributed by atoms with Crippen molar-refractivity contribution in [2.45, 2.75) is 30.9 Å². The van der Waals surface area contributed by atoms with Gasteiger partial charge in [-0.2, -0.15) is 13.2 Å². The predicted octanol–water partition coefficient (Wildman–Crippen LogP) is 1.33. The molecule has 0 radical (unpaired) electrons. The first kappa shape index (κ1) is 20.4. The maximum absolute atomic E-state index is 11.5. The normalized spacial score (nSPS) is 26.8. The average molecular weight is 368 g/mol. The molecule has 0 spiro atoms. The summed E-state index contributed by atoms with van der Waals surface area (Å²) < 4.78 is 59.6. The van der Waals surface area contributed by atoms with Gasteiger partial charge in [0.15, 0.2) is 15.7 Å². The highest BCUT2D eigenvalue weighted by Gasteiger charge is 2.57. The maximum Gasteiger partial charge on any atom is 0.485 e. The van der Waals surface area contributed by atoms with E-state index >= 15 is 0 Å². The fraction of sp³-hybridized carbons (Fsp3) is 0.500. The smallest absolute Gasteiger partial charge is 0.485 e. The van der Waals surface area contributed by atoms with E-state index in [1.807, 2.05) is 25.1 Å².